The number of nitrogens with one attached hydrogen (secondary N) is 3. The van der Waals surface area contributed by atoms with Crippen LogP contribution in [0.25, 0.3) is 0 Å². The van der Waals surface area contributed by atoms with Crippen LogP contribution in [0.3, 0.4) is 0 Å². The van der Waals surface area contributed by atoms with Crippen molar-refractivity contribution in [2.45, 2.75) is 153 Å². The van der Waals surface area contributed by atoms with Crippen LogP contribution in [0.5, 0.6) is 0 Å². The molecule has 0 saturated carbocycles. The summed E-state index contributed by atoms with van der Waals surface area (Å²) >= 11 is 0. The first kappa shape index (κ1) is 57.5. The van der Waals surface area contributed by atoms with Gasteiger partial charge in [-0.3, -0.25) is 19.2 Å². The first-order valence-electron chi connectivity index (χ1n) is 24.6. The van der Waals surface area contributed by atoms with Crippen molar-refractivity contribution in [1.29, 1.82) is 0 Å². The number of ketones is 1. The van der Waals surface area contributed by atoms with E-state index in [-0.39, 0.29) is 40.8 Å². The van der Waals surface area contributed by atoms with Crippen LogP contribution < -0.4 is 16.0 Å². The highest BCUT2D eigenvalue weighted by atomic mass is 16.5. The summed E-state index contributed by atoms with van der Waals surface area (Å²) in [6.07, 6.45) is 34.9. The third-order valence-corrected chi connectivity index (χ3v) is 12.5. The number of amides is 3. The zero-order chi connectivity index (χ0) is 49.0. The van der Waals surface area contributed by atoms with E-state index in [1.54, 1.807) is 19.3 Å². The van der Waals surface area contributed by atoms with Gasteiger partial charge in [-0.25, -0.2) is 0 Å². The van der Waals surface area contributed by atoms with Gasteiger partial charge in [0.2, 0.25) is 17.7 Å². The Morgan fingerprint density at radius 1 is 0.636 bits per heavy atom. The number of unbranched alkanes of at least 4 members (excludes halogenated alkanes) is 1. The number of methoxy groups -OCH3 is 1. The van der Waals surface area contributed by atoms with E-state index in [1.807, 2.05) is 38.2 Å². The van der Waals surface area contributed by atoms with E-state index in [2.05, 4.69) is 108 Å². The number of ether oxygens (including phenoxy) is 2. The number of rotatable bonds is 29. The molecule has 9 heteroatoms. The molecule has 0 aromatic heterocycles. The summed E-state index contributed by atoms with van der Waals surface area (Å²) in [5.74, 6) is -0.945. The zero-order valence-electron chi connectivity index (χ0n) is 42.9. The van der Waals surface area contributed by atoms with E-state index in [0.29, 0.717) is 78.0 Å². The molecule has 0 fully saturated rings. The van der Waals surface area contributed by atoms with Crippen molar-refractivity contribution < 1.29 is 28.7 Å². The Morgan fingerprint density at radius 2 is 1.15 bits per heavy atom. The maximum Gasteiger partial charge on any atom is 0.244 e. The maximum absolute atomic E-state index is 13.4. The van der Waals surface area contributed by atoms with Gasteiger partial charge in [0.1, 0.15) is 0 Å². The SMILES string of the molecule is COCCC(=O)NCCCOCCCNC(=O)C(CCCCNC(=O)/C=C(C)/C=C/C=C(C)/C=C/C1=C(C)CCCC1(C)C)CC(=O)/C=C(C)/C=C/C=C(C)/C=C/C1=C(C)CCCC1(C)C. The van der Waals surface area contributed by atoms with Gasteiger partial charge in [-0.2, -0.15) is 0 Å². The van der Waals surface area contributed by atoms with E-state index in [0.717, 1.165) is 28.7 Å². The van der Waals surface area contributed by atoms with E-state index >= 15 is 0 Å². The predicted octanol–water partition coefficient (Wildman–Crippen LogP) is 12.0. The van der Waals surface area contributed by atoms with Crippen LogP contribution in [0.2, 0.25) is 0 Å². The minimum atomic E-state index is -0.494. The molecular formula is C57H87N3O6. The molecule has 0 aliphatic heterocycles. The fraction of sp³-hybridized carbons (Fsp3) is 0.579. The second-order valence-corrected chi connectivity index (χ2v) is 19.7. The molecule has 1 unspecified atom stereocenters. The molecule has 3 N–H and O–H groups in total. The molecule has 2 rings (SSSR count). The highest BCUT2D eigenvalue weighted by Gasteiger charge is 2.27. The van der Waals surface area contributed by atoms with Crippen molar-refractivity contribution in [2.75, 3.05) is 46.6 Å². The fourth-order valence-corrected chi connectivity index (χ4v) is 8.55. The molecule has 0 aromatic carbocycles. The molecule has 3 amide bonds. The lowest BCUT2D eigenvalue weighted by Crippen LogP contribution is -2.33. The zero-order valence-corrected chi connectivity index (χ0v) is 42.9. The Kier molecular flexibility index (Phi) is 27.4. The van der Waals surface area contributed by atoms with Gasteiger partial charge < -0.3 is 25.4 Å². The van der Waals surface area contributed by atoms with Crippen LogP contribution >= 0.6 is 0 Å². The molecule has 1 atom stereocenters. The molecule has 2 aliphatic rings. The van der Waals surface area contributed by atoms with Crippen molar-refractivity contribution in [3.05, 3.63) is 117 Å². The smallest absolute Gasteiger partial charge is 0.244 e. The Balaban J connectivity index is 1.93. The summed E-state index contributed by atoms with van der Waals surface area (Å²) in [5.41, 5.74) is 10.2. The van der Waals surface area contributed by atoms with Gasteiger partial charge in [-0.05, 0) is 145 Å². The topological polar surface area (TPSA) is 123 Å². The van der Waals surface area contributed by atoms with Crippen molar-refractivity contribution in [3.8, 4) is 0 Å². The minimum Gasteiger partial charge on any atom is -0.384 e. The first-order chi connectivity index (χ1) is 31.3. The summed E-state index contributed by atoms with van der Waals surface area (Å²) < 4.78 is 10.6. The number of hydrogen-bond donors (Lipinski definition) is 3. The maximum atomic E-state index is 13.4. The lowest BCUT2D eigenvalue weighted by Gasteiger charge is -2.33. The predicted molar refractivity (Wildman–Crippen MR) is 275 cm³/mol. The van der Waals surface area contributed by atoms with Crippen LogP contribution in [0.4, 0.5) is 0 Å². The Morgan fingerprint density at radius 3 is 1.68 bits per heavy atom. The third-order valence-electron chi connectivity index (χ3n) is 12.5. The van der Waals surface area contributed by atoms with Crippen LogP contribution in [-0.4, -0.2) is 70.1 Å². The molecule has 366 valence electrons. The standard InChI is InChI=1S/C57H87N3O6/c1-43(27-29-51-47(5)24-16-32-56(51,7)8)20-14-22-45(3)40-50(61)42-49(55(64)60-36-19-38-66-37-18-35-58-53(62)31-39-65-11)26-12-13-34-59-54(63)41-46(4)23-15-21-44(2)28-30-52-48(6)25-17-33-57(52,9)10/h14-15,20-23,27-30,40-41,49H,12-13,16-19,24-26,31-39,42H2,1-11H3,(H,58,62)(H,59,63)(H,60,64)/b22-14+,23-15+,29-27+,30-28+,43-20+,44-21+,45-40+,46-41+. The monoisotopic (exact) mass is 910 g/mol. The van der Waals surface area contributed by atoms with Gasteiger partial charge in [0.05, 0.1) is 6.61 Å². The Bertz CT molecular complexity index is 1910. The van der Waals surface area contributed by atoms with Crippen molar-refractivity contribution in [3.63, 3.8) is 0 Å². The van der Waals surface area contributed by atoms with E-state index in [4.69, 9.17) is 9.47 Å². The number of hydrogen-bond acceptors (Lipinski definition) is 6. The average Bonchev–Trinajstić information content (AvgIpc) is 3.23. The number of allylic oxidation sites excluding steroid dienone is 19. The minimum absolute atomic E-state index is 0.0436. The summed E-state index contributed by atoms with van der Waals surface area (Å²) in [6.45, 7) is 24.6. The molecule has 0 bridgehead atoms. The molecular weight excluding hydrogens is 823 g/mol. The summed E-state index contributed by atoms with van der Waals surface area (Å²) in [6, 6.07) is 0. The van der Waals surface area contributed by atoms with Crippen LogP contribution in [-0.2, 0) is 28.7 Å². The molecule has 9 nitrogen and oxygen atoms in total. The first-order valence-corrected chi connectivity index (χ1v) is 24.6. The summed E-state index contributed by atoms with van der Waals surface area (Å²) in [4.78, 5) is 51.2. The second kappa shape index (κ2) is 31.4. The largest absolute Gasteiger partial charge is 0.384 e. The Hall–Kier alpha value is -4.60. The van der Waals surface area contributed by atoms with Crippen molar-refractivity contribution in [2.24, 2.45) is 16.7 Å². The number of carbonyl (C=O) groups is 4. The lowest BCUT2D eigenvalue weighted by molar-refractivity contribution is -0.128. The molecule has 0 spiro atoms. The van der Waals surface area contributed by atoms with Gasteiger partial charge >= 0.3 is 0 Å². The van der Waals surface area contributed by atoms with Crippen molar-refractivity contribution in [1.82, 2.24) is 16.0 Å². The quantitative estimate of drug-likeness (QED) is 0.0390. The van der Waals surface area contributed by atoms with Gasteiger partial charge in [0.15, 0.2) is 5.78 Å². The van der Waals surface area contributed by atoms with E-state index in [9.17, 15) is 19.2 Å². The fourth-order valence-electron chi connectivity index (χ4n) is 8.55. The number of carbonyl (C=O) groups excluding carboxylic acids is 4. The third kappa shape index (κ3) is 24.3. The molecule has 66 heavy (non-hydrogen) atoms. The molecule has 0 aromatic rings. The highest BCUT2D eigenvalue weighted by molar-refractivity contribution is 5.94. The summed E-state index contributed by atoms with van der Waals surface area (Å²) in [7, 11) is 1.57. The van der Waals surface area contributed by atoms with Gasteiger partial charge in [0, 0.05) is 64.8 Å². The van der Waals surface area contributed by atoms with Gasteiger partial charge in [-0.15, -0.1) is 0 Å². The Labute approximate surface area is 400 Å². The highest BCUT2D eigenvalue weighted by Crippen LogP contribution is 2.42. The van der Waals surface area contributed by atoms with Crippen LogP contribution in [0, 0.1) is 16.7 Å². The normalized spacial score (nSPS) is 18.0. The van der Waals surface area contributed by atoms with Crippen LogP contribution in [0.15, 0.2) is 117 Å². The van der Waals surface area contributed by atoms with Gasteiger partial charge in [0.25, 0.3) is 0 Å². The molecule has 2 aliphatic carbocycles. The van der Waals surface area contributed by atoms with Crippen molar-refractivity contribution >= 4 is 23.5 Å². The molecule has 0 heterocycles. The molecule has 0 radical (unpaired) electrons. The second-order valence-electron chi connectivity index (χ2n) is 19.7. The van der Waals surface area contributed by atoms with E-state index < -0.39 is 5.92 Å². The lowest BCUT2D eigenvalue weighted by atomic mass is 9.72. The molecule has 0 saturated heterocycles. The van der Waals surface area contributed by atoms with Crippen LogP contribution in [0.1, 0.15) is 153 Å². The summed E-state index contributed by atoms with van der Waals surface area (Å²) in [5, 5.41) is 8.82. The van der Waals surface area contributed by atoms with E-state index in [1.165, 1.54) is 54.4 Å². The van der Waals surface area contributed by atoms with Gasteiger partial charge in [-0.1, -0.05) is 117 Å². The average molecular weight is 910 g/mol.